The van der Waals surface area contributed by atoms with Crippen molar-refractivity contribution in [3.63, 3.8) is 0 Å². The van der Waals surface area contributed by atoms with Crippen LogP contribution in [0.5, 0.6) is 5.75 Å². The number of hydrogen-bond donors (Lipinski definition) is 0. The van der Waals surface area contributed by atoms with Crippen LogP contribution in [0, 0.1) is 0 Å². The molecule has 0 radical (unpaired) electrons. The number of halogens is 1. The van der Waals surface area contributed by atoms with E-state index in [0.29, 0.717) is 16.3 Å². The van der Waals surface area contributed by atoms with Crippen LogP contribution in [-0.4, -0.2) is 35.2 Å². The summed E-state index contributed by atoms with van der Waals surface area (Å²) in [5, 5.41) is 0.102. The van der Waals surface area contributed by atoms with E-state index in [0.717, 1.165) is 35.1 Å². The monoisotopic (exact) mass is 459 g/mol. The van der Waals surface area contributed by atoms with Crippen molar-refractivity contribution < 1.29 is 23.9 Å². The molecule has 8 heteroatoms. The Morgan fingerprint density at radius 2 is 1.87 bits per heavy atom. The number of rotatable bonds is 9. The van der Waals surface area contributed by atoms with Crippen molar-refractivity contribution in [2.24, 2.45) is 0 Å². The summed E-state index contributed by atoms with van der Waals surface area (Å²) in [5.41, 5.74) is 1.48. The number of carbonyl (C=O) groups is 3. The van der Waals surface area contributed by atoms with Gasteiger partial charge in [0.05, 0.1) is 11.5 Å². The standard InChI is InChI=1S/C23H22ClNO5S/c1-2-3-12-29-21(26)14-25-22(27)20(31-23(25)28)13-16-8-5-7-11-19(16)30-15-17-9-4-6-10-18(17)24/h4-11,13H,2-3,12,14-15H2,1H3/b20-13+. The molecule has 0 spiro atoms. The summed E-state index contributed by atoms with van der Waals surface area (Å²) in [4.78, 5) is 38.0. The van der Waals surface area contributed by atoms with E-state index >= 15 is 0 Å². The number of hydrogen-bond acceptors (Lipinski definition) is 6. The fraction of sp³-hybridized carbons (Fsp3) is 0.261. The SMILES string of the molecule is CCCCOC(=O)CN1C(=O)S/C(=C/c2ccccc2OCc2ccccc2Cl)C1=O. The van der Waals surface area contributed by atoms with E-state index in [1.165, 1.54) is 0 Å². The molecule has 6 nitrogen and oxygen atoms in total. The Balaban J connectivity index is 1.70. The molecule has 1 aliphatic heterocycles. The van der Waals surface area contributed by atoms with E-state index in [2.05, 4.69) is 0 Å². The van der Waals surface area contributed by atoms with Gasteiger partial charge in [-0.05, 0) is 36.4 Å². The molecule has 2 aromatic carbocycles. The number of amides is 2. The minimum Gasteiger partial charge on any atom is -0.488 e. The highest BCUT2D eigenvalue weighted by Gasteiger charge is 2.36. The zero-order valence-electron chi connectivity index (χ0n) is 17.0. The van der Waals surface area contributed by atoms with Crippen molar-refractivity contribution in [3.8, 4) is 5.75 Å². The van der Waals surface area contributed by atoms with Crippen molar-refractivity contribution in [1.29, 1.82) is 0 Å². The molecule has 1 aliphatic rings. The Morgan fingerprint density at radius 3 is 2.65 bits per heavy atom. The van der Waals surface area contributed by atoms with Crippen molar-refractivity contribution in [1.82, 2.24) is 4.90 Å². The second kappa shape index (κ2) is 11.0. The van der Waals surface area contributed by atoms with Gasteiger partial charge in [0.25, 0.3) is 11.1 Å². The van der Waals surface area contributed by atoms with Crippen molar-refractivity contribution >= 4 is 46.6 Å². The molecule has 0 aromatic heterocycles. The molecule has 0 N–H and O–H groups in total. The number of ether oxygens (including phenoxy) is 2. The third-order valence-electron chi connectivity index (χ3n) is 4.47. The summed E-state index contributed by atoms with van der Waals surface area (Å²) in [5.74, 6) is -0.572. The Bertz CT molecular complexity index is 1010. The van der Waals surface area contributed by atoms with Gasteiger partial charge in [-0.25, -0.2) is 0 Å². The fourth-order valence-corrected chi connectivity index (χ4v) is 3.80. The van der Waals surface area contributed by atoms with Crippen LogP contribution in [-0.2, 0) is 20.9 Å². The predicted molar refractivity (Wildman–Crippen MR) is 121 cm³/mol. The lowest BCUT2D eigenvalue weighted by molar-refractivity contribution is -0.146. The summed E-state index contributed by atoms with van der Waals surface area (Å²) in [7, 11) is 0. The molecule has 0 unspecified atom stereocenters. The highest BCUT2D eigenvalue weighted by Crippen LogP contribution is 2.34. The largest absolute Gasteiger partial charge is 0.488 e. The van der Waals surface area contributed by atoms with Crippen LogP contribution in [0.15, 0.2) is 53.4 Å². The van der Waals surface area contributed by atoms with Crippen LogP contribution >= 0.6 is 23.4 Å². The highest BCUT2D eigenvalue weighted by molar-refractivity contribution is 8.18. The van der Waals surface area contributed by atoms with Gasteiger partial charge < -0.3 is 9.47 Å². The zero-order valence-corrected chi connectivity index (χ0v) is 18.6. The molecule has 0 atom stereocenters. The van der Waals surface area contributed by atoms with Gasteiger partial charge in [-0.1, -0.05) is 61.3 Å². The number of unbranched alkanes of at least 4 members (excludes halogenated alkanes) is 1. The van der Waals surface area contributed by atoms with Crippen molar-refractivity contribution in [3.05, 3.63) is 69.6 Å². The van der Waals surface area contributed by atoms with Gasteiger partial charge in [0.1, 0.15) is 18.9 Å². The molecule has 2 amide bonds. The molecule has 3 rings (SSSR count). The molecule has 162 valence electrons. The molecule has 1 saturated heterocycles. The number of benzene rings is 2. The topological polar surface area (TPSA) is 72.9 Å². The normalized spacial score (nSPS) is 14.9. The molecule has 1 heterocycles. The first-order chi connectivity index (χ1) is 15.0. The number of carbonyl (C=O) groups excluding carboxylic acids is 3. The maximum absolute atomic E-state index is 12.7. The van der Waals surface area contributed by atoms with Crippen LogP contribution in [0.3, 0.4) is 0 Å². The third-order valence-corrected chi connectivity index (χ3v) is 5.74. The third kappa shape index (κ3) is 6.12. The van der Waals surface area contributed by atoms with Gasteiger partial charge in [-0.3, -0.25) is 19.3 Å². The van der Waals surface area contributed by atoms with Crippen LogP contribution in [0.25, 0.3) is 6.08 Å². The molecule has 0 saturated carbocycles. The zero-order chi connectivity index (χ0) is 22.2. The minimum absolute atomic E-state index is 0.222. The molecule has 1 fully saturated rings. The van der Waals surface area contributed by atoms with E-state index in [9.17, 15) is 14.4 Å². The Kier molecular flexibility index (Phi) is 8.14. The summed E-state index contributed by atoms with van der Waals surface area (Å²) < 4.78 is 11.0. The van der Waals surface area contributed by atoms with Crippen LogP contribution in [0.1, 0.15) is 30.9 Å². The lowest BCUT2D eigenvalue weighted by Crippen LogP contribution is -2.34. The molecule has 31 heavy (non-hydrogen) atoms. The lowest BCUT2D eigenvalue weighted by atomic mass is 10.1. The summed E-state index contributed by atoms with van der Waals surface area (Å²) in [6.07, 6.45) is 3.21. The highest BCUT2D eigenvalue weighted by atomic mass is 35.5. The van der Waals surface area contributed by atoms with E-state index in [-0.39, 0.29) is 18.1 Å². The maximum Gasteiger partial charge on any atom is 0.326 e. The van der Waals surface area contributed by atoms with Crippen LogP contribution < -0.4 is 4.74 Å². The first kappa shape index (κ1) is 22.9. The van der Waals surface area contributed by atoms with Crippen LogP contribution in [0.2, 0.25) is 5.02 Å². The predicted octanol–water partition coefficient (Wildman–Crippen LogP) is 5.30. The fourth-order valence-electron chi connectivity index (χ4n) is 2.78. The van der Waals surface area contributed by atoms with Gasteiger partial charge in [-0.2, -0.15) is 0 Å². The number of thioether (sulfide) groups is 1. The molecule has 0 bridgehead atoms. The van der Waals surface area contributed by atoms with Crippen molar-refractivity contribution in [2.45, 2.75) is 26.4 Å². The summed E-state index contributed by atoms with van der Waals surface area (Å²) in [6, 6.07) is 14.6. The Morgan fingerprint density at radius 1 is 1.13 bits per heavy atom. The molecular weight excluding hydrogens is 438 g/mol. The molecule has 0 aliphatic carbocycles. The van der Waals surface area contributed by atoms with Crippen molar-refractivity contribution in [2.75, 3.05) is 13.2 Å². The van der Waals surface area contributed by atoms with E-state index < -0.39 is 23.7 Å². The first-order valence-electron chi connectivity index (χ1n) is 9.85. The second-order valence-corrected chi connectivity index (χ2v) is 8.16. The van der Waals surface area contributed by atoms with Gasteiger partial charge in [0, 0.05) is 16.1 Å². The second-order valence-electron chi connectivity index (χ2n) is 6.76. The number of imide groups is 1. The van der Waals surface area contributed by atoms with E-state index in [4.69, 9.17) is 21.1 Å². The maximum atomic E-state index is 12.7. The Labute approximate surface area is 190 Å². The minimum atomic E-state index is -0.597. The van der Waals surface area contributed by atoms with Gasteiger partial charge >= 0.3 is 5.97 Å². The van der Waals surface area contributed by atoms with Gasteiger partial charge in [-0.15, -0.1) is 0 Å². The van der Waals surface area contributed by atoms with Gasteiger partial charge in [0.15, 0.2) is 0 Å². The molecule has 2 aromatic rings. The summed E-state index contributed by atoms with van der Waals surface area (Å²) >= 11 is 6.97. The first-order valence-corrected chi connectivity index (χ1v) is 11.0. The Hall–Kier alpha value is -2.77. The number of esters is 1. The lowest BCUT2D eigenvalue weighted by Gasteiger charge is -2.12. The molecular formula is C23H22ClNO5S. The summed E-state index contributed by atoms with van der Waals surface area (Å²) in [6.45, 7) is 2.12. The van der Waals surface area contributed by atoms with E-state index in [1.807, 2.05) is 37.3 Å². The van der Waals surface area contributed by atoms with E-state index in [1.54, 1.807) is 24.3 Å². The smallest absolute Gasteiger partial charge is 0.326 e. The quantitative estimate of drug-likeness (QED) is 0.288. The average molecular weight is 460 g/mol. The van der Waals surface area contributed by atoms with Crippen LogP contribution in [0.4, 0.5) is 4.79 Å². The van der Waals surface area contributed by atoms with Gasteiger partial charge in [0.2, 0.25) is 0 Å². The number of nitrogens with zero attached hydrogens (tertiary/aromatic N) is 1. The average Bonchev–Trinajstić information content (AvgIpc) is 3.01. The number of para-hydroxylation sites is 1.